The molecular weight excluding hydrogens is 355 g/mol. The molecule has 0 aromatic heterocycles. The number of likely N-dealkylation sites (tertiary alicyclic amines) is 1. The van der Waals surface area contributed by atoms with Crippen LogP contribution in [0.5, 0.6) is 0 Å². The first-order chi connectivity index (χ1) is 12.4. The predicted molar refractivity (Wildman–Crippen MR) is 96.7 cm³/mol. The summed E-state index contributed by atoms with van der Waals surface area (Å²) in [6.45, 7) is 2.53. The first-order valence-corrected chi connectivity index (χ1v) is 10.1. The zero-order valence-corrected chi connectivity index (χ0v) is 15.3. The third kappa shape index (κ3) is 3.78. The number of carbonyl (C=O) groups excluding carboxylic acids is 1. The van der Waals surface area contributed by atoms with Gasteiger partial charge in [-0.25, -0.2) is 17.5 Å². The molecule has 1 N–H and O–H groups in total. The zero-order valence-electron chi connectivity index (χ0n) is 14.5. The van der Waals surface area contributed by atoms with Crippen LogP contribution in [0.1, 0.15) is 41.7 Å². The molecule has 0 bridgehead atoms. The van der Waals surface area contributed by atoms with E-state index in [2.05, 4.69) is 4.72 Å². The average Bonchev–Trinajstić information content (AvgIpc) is 3.11. The number of nitrogens with one attached hydrogen (secondary N) is 1. The lowest BCUT2D eigenvalue weighted by Gasteiger charge is -2.25. The summed E-state index contributed by atoms with van der Waals surface area (Å²) in [5.41, 5.74) is 1.07. The molecule has 0 spiro atoms. The summed E-state index contributed by atoms with van der Waals surface area (Å²) in [5.74, 6) is -0.578. The van der Waals surface area contributed by atoms with Gasteiger partial charge >= 0.3 is 0 Å². The van der Waals surface area contributed by atoms with Crippen molar-refractivity contribution in [1.82, 2.24) is 9.62 Å². The molecule has 0 radical (unpaired) electrons. The summed E-state index contributed by atoms with van der Waals surface area (Å²) in [4.78, 5) is 14.7. The highest BCUT2D eigenvalue weighted by atomic mass is 32.2. The van der Waals surface area contributed by atoms with Gasteiger partial charge in [0.2, 0.25) is 10.0 Å². The Morgan fingerprint density at radius 3 is 2.73 bits per heavy atom. The van der Waals surface area contributed by atoms with E-state index in [0.29, 0.717) is 12.1 Å². The number of hydrogen-bond acceptors (Lipinski definition) is 3. The van der Waals surface area contributed by atoms with E-state index in [-0.39, 0.29) is 29.2 Å². The topological polar surface area (TPSA) is 66.5 Å². The maximum absolute atomic E-state index is 13.6. The molecule has 1 aliphatic rings. The number of rotatable bonds is 5. The zero-order chi connectivity index (χ0) is 18.7. The van der Waals surface area contributed by atoms with Crippen molar-refractivity contribution in [1.29, 1.82) is 0 Å². The van der Waals surface area contributed by atoms with Gasteiger partial charge in [-0.05, 0) is 48.7 Å². The molecular formula is C19H21FN2O3S. The lowest BCUT2D eigenvalue weighted by Crippen LogP contribution is -2.31. The fourth-order valence-corrected chi connectivity index (χ4v) is 4.39. The van der Waals surface area contributed by atoms with Crippen molar-refractivity contribution in [2.75, 3.05) is 13.1 Å². The van der Waals surface area contributed by atoms with Gasteiger partial charge in [0.15, 0.2) is 0 Å². The van der Waals surface area contributed by atoms with E-state index in [1.807, 2.05) is 6.07 Å². The molecule has 1 unspecified atom stereocenters. The highest BCUT2D eigenvalue weighted by Crippen LogP contribution is 2.33. The molecule has 2 aromatic carbocycles. The second kappa shape index (κ2) is 7.55. The molecule has 1 atom stereocenters. The maximum atomic E-state index is 13.6. The van der Waals surface area contributed by atoms with Crippen LogP contribution in [0.2, 0.25) is 0 Å². The van der Waals surface area contributed by atoms with Crippen LogP contribution in [0, 0.1) is 5.82 Å². The van der Waals surface area contributed by atoms with Crippen molar-refractivity contribution in [2.45, 2.75) is 30.7 Å². The molecule has 1 saturated heterocycles. The van der Waals surface area contributed by atoms with Crippen molar-refractivity contribution in [3.8, 4) is 0 Å². The number of sulfonamides is 1. The summed E-state index contributed by atoms with van der Waals surface area (Å²) in [6.07, 6.45) is 1.58. The van der Waals surface area contributed by atoms with Crippen LogP contribution in [-0.4, -0.2) is 32.3 Å². The Morgan fingerprint density at radius 1 is 1.23 bits per heavy atom. The first-order valence-electron chi connectivity index (χ1n) is 8.58. The van der Waals surface area contributed by atoms with E-state index in [9.17, 15) is 17.6 Å². The monoisotopic (exact) mass is 376 g/mol. The quantitative estimate of drug-likeness (QED) is 0.872. The SMILES string of the molecule is CCNS(=O)(=O)c1cccc(C(=O)N2CCCC2c2cccc(F)c2)c1. The molecule has 5 nitrogen and oxygen atoms in total. The van der Waals surface area contributed by atoms with Crippen LogP contribution in [0.15, 0.2) is 53.4 Å². The predicted octanol–water partition coefficient (Wildman–Crippen LogP) is 3.10. The molecule has 1 aliphatic heterocycles. The third-order valence-electron chi connectivity index (χ3n) is 4.47. The van der Waals surface area contributed by atoms with Crippen LogP contribution in [0.25, 0.3) is 0 Å². The molecule has 0 saturated carbocycles. The Morgan fingerprint density at radius 2 is 2.00 bits per heavy atom. The average molecular weight is 376 g/mol. The Bertz CT molecular complexity index is 915. The van der Waals surface area contributed by atoms with Gasteiger partial charge in [-0.2, -0.15) is 0 Å². The van der Waals surface area contributed by atoms with Crippen molar-refractivity contribution in [3.63, 3.8) is 0 Å². The van der Waals surface area contributed by atoms with Gasteiger partial charge in [0.25, 0.3) is 5.91 Å². The molecule has 1 amide bonds. The van der Waals surface area contributed by atoms with Crippen molar-refractivity contribution in [2.24, 2.45) is 0 Å². The van der Waals surface area contributed by atoms with Gasteiger partial charge < -0.3 is 4.90 Å². The van der Waals surface area contributed by atoms with Crippen molar-refractivity contribution in [3.05, 3.63) is 65.5 Å². The number of nitrogens with zero attached hydrogens (tertiary/aromatic N) is 1. The number of halogens is 1. The van der Waals surface area contributed by atoms with E-state index < -0.39 is 10.0 Å². The Hall–Kier alpha value is -2.25. The number of benzene rings is 2. The number of amides is 1. The normalized spacial score (nSPS) is 17.5. The van der Waals surface area contributed by atoms with E-state index >= 15 is 0 Å². The fraction of sp³-hybridized carbons (Fsp3) is 0.316. The lowest BCUT2D eigenvalue weighted by atomic mass is 10.0. The molecule has 26 heavy (non-hydrogen) atoms. The number of hydrogen-bond donors (Lipinski definition) is 1. The molecule has 0 aliphatic carbocycles. The fourth-order valence-electron chi connectivity index (χ4n) is 3.31. The molecule has 138 valence electrons. The van der Waals surface area contributed by atoms with Crippen LogP contribution in [0.4, 0.5) is 4.39 Å². The van der Waals surface area contributed by atoms with Gasteiger partial charge in [0.1, 0.15) is 5.82 Å². The standard InChI is InChI=1S/C19H21FN2O3S/c1-2-21-26(24,25)17-9-4-7-15(13-17)19(23)22-11-5-10-18(22)14-6-3-8-16(20)12-14/h3-4,6-9,12-13,18,21H,2,5,10-11H2,1H3. The van der Waals surface area contributed by atoms with Gasteiger partial charge in [-0.1, -0.05) is 25.1 Å². The molecule has 2 aromatic rings. The Labute approximate surface area is 152 Å². The van der Waals surface area contributed by atoms with Gasteiger partial charge in [0.05, 0.1) is 10.9 Å². The molecule has 7 heteroatoms. The lowest BCUT2D eigenvalue weighted by molar-refractivity contribution is 0.0735. The summed E-state index contributed by atoms with van der Waals surface area (Å²) in [7, 11) is -3.63. The second-order valence-corrected chi connectivity index (χ2v) is 8.01. The second-order valence-electron chi connectivity index (χ2n) is 6.24. The highest BCUT2D eigenvalue weighted by Gasteiger charge is 2.31. The highest BCUT2D eigenvalue weighted by molar-refractivity contribution is 7.89. The van der Waals surface area contributed by atoms with Gasteiger partial charge in [-0.3, -0.25) is 4.79 Å². The largest absolute Gasteiger partial charge is 0.332 e. The van der Waals surface area contributed by atoms with Crippen LogP contribution in [0.3, 0.4) is 0 Å². The smallest absolute Gasteiger partial charge is 0.254 e. The summed E-state index contributed by atoms with van der Waals surface area (Å²) < 4.78 is 40.3. The molecule has 3 rings (SSSR count). The van der Waals surface area contributed by atoms with E-state index in [0.717, 1.165) is 18.4 Å². The van der Waals surface area contributed by atoms with Crippen LogP contribution in [-0.2, 0) is 10.0 Å². The summed E-state index contributed by atoms with van der Waals surface area (Å²) >= 11 is 0. The number of carbonyl (C=O) groups is 1. The first kappa shape index (κ1) is 18.5. The van der Waals surface area contributed by atoms with Crippen molar-refractivity contribution < 1.29 is 17.6 Å². The molecule has 1 heterocycles. The van der Waals surface area contributed by atoms with Crippen molar-refractivity contribution >= 4 is 15.9 Å². The molecule has 1 fully saturated rings. The van der Waals surface area contributed by atoms with Crippen LogP contribution >= 0.6 is 0 Å². The maximum Gasteiger partial charge on any atom is 0.254 e. The van der Waals surface area contributed by atoms with Gasteiger partial charge in [0, 0.05) is 18.7 Å². The van der Waals surface area contributed by atoms with E-state index in [1.54, 1.807) is 30.0 Å². The summed E-state index contributed by atoms with van der Waals surface area (Å²) in [5, 5.41) is 0. The van der Waals surface area contributed by atoms with Gasteiger partial charge in [-0.15, -0.1) is 0 Å². The minimum atomic E-state index is -3.63. The van der Waals surface area contributed by atoms with Crippen LogP contribution < -0.4 is 4.72 Å². The minimum absolute atomic E-state index is 0.0618. The third-order valence-corrected chi connectivity index (χ3v) is 6.02. The Kier molecular flexibility index (Phi) is 5.38. The van der Waals surface area contributed by atoms with E-state index in [1.165, 1.54) is 24.3 Å². The van der Waals surface area contributed by atoms with E-state index in [4.69, 9.17) is 0 Å². The minimum Gasteiger partial charge on any atom is -0.332 e. The Balaban J connectivity index is 1.89. The summed E-state index contributed by atoms with van der Waals surface area (Å²) in [6, 6.07) is 12.1.